The molecule has 0 unspecified atom stereocenters. The maximum atomic E-state index is 12.2. The SMILES string of the molecule is Nc1ncc2c(n1)CN(C(=O)CNC(=O)c1ccccc1)C2. The van der Waals surface area contributed by atoms with Crippen LogP contribution in [0.2, 0.25) is 0 Å². The number of rotatable bonds is 3. The highest BCUT2D eigenvalue weighted by atomic mass is 16.2. The van der Waals surface area contributed by atoms with E-state index in [1.807, 2.05) is 6.07 Å². The first-order valence-electron chi connectivity index (χ1n) is 6.85. The van der Waals surface area contributed by atoms with E-state index in [9.17, 15) is 9.59 Å². The number of amides is 2. The van der Waals surface area contributed by atoms with Gasteiger partial charge in [-0.05, 0) is 12.1 Å². The second-order valence-electron chi connectivity index (χ2n) is 5.00. The van der Waals surface area contributed by atoms with E-state index in [4.69, 9.17) is 5.73 Å². The zero-order valence-electron chi connectivity index (χ0n) is 11.8. The van der Waals surface area contributed by atoms with Crippen LogP contribution in [0.15, 0.2) is 36.5 Å². The van der Waals surface area contributed by atoms with Crippen molar-refractivity contribution in [1.29, 1.82) is 0 Å². The Kier molecular flexibility index (Phi) is 3.69. The van der Waals surface area contributed by atoms with Crippen LogP contribution in [-0.2, 0) is 17.9 Å². The molecule has 7 nitrogen and oxygen atoms in total. The zero-order valence-corrected chi connectivity index (χ0v) is 11.8. The van der Waals surface area contributed by atoms with Crippen molar-refractivity contribution in [3.8, 4) is 0 Å². The van der Waals surface area contributed by atoms with Gasteiger partial charge in [0.1, 0.15) is 0 Å². The number of hydrogen-bond acceptors (Lipinski definition) is 5. The summed E-state index contributed by atoms with van der Waals surface area (Å²) in [6, 6.07) is 8.78. The molecule has 0 saturated carbocycles. The van der Waals surface area contributed by atoms with Crippen molar-refractivity contribution in [1.82, 2.24) is 20.2 Å². The minimum absolute atomic E-state index is 0.0510. The highest BCUT2D eigenvalue weighted by Gasteiger charge is 2.25. The Balaban J connectivity index is 1.57. The molecule has 2 amide bonds. The molecule has 0 aliphatic carbocycles. The molecule has 0 atom stereocenters. The Hall–Kier alpha value is -2.96. The van der Waals surface area contributed by atoms with E-state index in [-0.39, 0.29) is 24.3 Å². The molecule has 0 saturated heterocycles. The lowest BCUT2D eigenvalue weighted by Crippen LogP contribution is -2.37. The average molecular weight is 297 g/mol. The van der Waals surface area contributed by atoms with Gasteiger partial charge in [0.15, 0.2) is 0 Å². The van der Waals surface area contributed by atoms with Crippen LogP contribution in [0.3, 0.4) is 0 Å². The van der Waals surface area contributed by atoms with Crippen LogP contribution in [0.1, 0.15) is 21.6 Å². The number of anilines is 1. The van der Waals surface area contributed by atoms with Crippen LogP contribution in [0.5, 0.6) is 0 Å². The Morgan fingerprint density at radius 3 is 2.77 bits per heavy atom. The summed E-state index contributed by atoms with van der Waals surface area (Å²) in [7, 11) is 0. The molecule has 1 aromatic heterocycles. The normalized spacial score (nSPS) is 12.8. The average Bonchev–Trinajstić information content (AvgIpc) is 2.96. The summed E-state index contributed by atoms with van der Waals surface area (Å²) < 4.78 is 0. The van der Waals surface area contributed by atoms with Gasteiger partial charge in [0.25, 0.3) is 5.91 Å². The molecule has 1 aliphatic heterocycles. The second-order valence-corrected chi connectivity index (χ2v) is 5.00. The Morgan fingerprint density at radius 1 is 1.23 bits per heavy atom. The summed E-state index contributed by atoms with van der Waals surface area (Å²) in [5.74, 6) is -0.235. The van der Waals surface area contributed by atoms with Crippen LogP contribution in [0, 0.1) is 0 Å². The fourth-order valence-electron chi connectivity index (χ4n) is 2.30. The van der Waals surface area contributed by atoms with Crippen molar-refractivity contribution in [3.05, 3.63) is 53.3 Å². The highest BCUT2D eigenvalue weighted by molar-refractivity contribution is 5.96. The third-order valence-corrected chi connectivity index (χ3v) is 3.46. The molecule has 112 valence electrons. The second kappa shape index (κ2) is 5.80. The van der Waals surface area contributed by atoms with Gasteiger partial charge in [-0.2, -0.15) is 0 Å². The van der Waals surface area contributed by atoms with E-state index in [1.54, 1.807) is 35.4 Å². The van der Waals surface area contributed by atoms with Gasteiger partial charge >= 0.3 is 0 Å². The predicted molar refractivity (Wildman–Crippen MR) is 79.5 cm³/mol. The number of carbonyl (C=O) groups is 2. The van der Waals surface area contributed by atoms with E-state index in [0.29, 0.717) is 18.7 Å². The number of nitrogens with two attached hydrogens (primary N) is 1. The summed E-state index contributed by atoms with van der Waals surface area (Å²) in [6.45, 7) is 0.780. The molecular formula is C15H15N5O2. The lowest BCUT2D eigenvalue weighted by molar-refractivity contribution is -0.130. The molecular weight excluding hydrogens is 282 g/mol. The predicted octanol–water partition coefficient (Wildman–Crippen LogP) is 0.331. The third kappa shape index (κ3) is 2.88. The first kappa shape index (κ1) is 14.0. The molecule has 7 heteroatoms. The minimum Gasteiger partial charge on any atom is -0.368 e. The van der Waals surface area contributed by atoms with Crippen LogP contribution in [0.25, 0.3) is 0 Å². The van der Waals surface area contributed by atoms with E-state index >= 15 is 0 Å². The van der Waals surface area contributed by atoms with Gasteiger partial charge in [-0.3, -0.25) is 9.59 Å². The highest BCUT2D eigenvalue weighted by Crippen LogP contribution is 2.20. The van der Waals surface area contributed by atoms with Gasteiger partial charge < -0.3 is 16.0 Å². The van der Waals surface area contributed by atoms with E-state index < -0.39 is 0 Å². The molecule has 2 heterocycles. The zero-order chi connectivity index (χ0) is 15.5. The van der Waals surface area contributed by atoms with Crippen molar-refractivity contribution in [2.24, 2.45) is 0 Å². The number of nitrogen functional groups attached to an aromatic ring is 1. The van der Waals surface area contributed by atoms with E-state index in [2.05, 4.69) is 15.3 Å². The molecule has 22 heavy (non-hydrogen) atoms. The maximum Gasteiger partial charge on any atom is 0.251 e. The largest absolute Gasteiger partial charge is 0.368 e. The number of benzene rings is 1. The molecule has 2 aromatic rings. The van der Waals surface area contributed by atoms with Crippen molar-refractivity contribution < 1.29 is 9.59 Å². The minimum atomic E-state index is -0.269. The van der Waals surface area contributed by atoms with Crippen molar-refractivity contribution in [2.45, 2.75) is 13.1 Å². The molecule has 3 rings (SSSR count). The molecule has 0 spiro atoms. The summed E-state index contributed by atoms with van der Waals surface area (Å²) in [4.78, 5) is 33.7. The quantitative estimate of drug-likeness (QED) is 0.850. The molecule has 0 fully saturated rings. The monoisotopic (exact) mass is 297 g/mol. The number of hydrogen-bond donors (Lipinski definition) is 2. The van der Waals surface area contributed by atoms with Crippen LogP contribution >= 0.6 is 0 Å². The number of aromatic nitrogens is 2. The van der Waals surface area contributed by atoms with Crippen LogP contribution < -0.4 is 11.1 Å². The molecule has 1 aliphatic rings. The van der Waals surface area contributed by atoms with Gasteiger partial charge in [-0.25, -0.2) is 9.97 Å². The molecule has 1 aromatic carbocycles. The number of nitrogens with one attached hydrogen (secondary N) is 1. The molecule has 0 radical (unpaired) electrons. The van der Waals surface area contributed by atoms with Crippen LogP contribution in [-0.4, -0.2) is 33.2 Å². The lowest BCUT2D eigenvalue weighted by atomic mass is 10.2. The van der Waals surface area contributed by atoms with Gasteiger partial charge in [-0.15, -0.1) is 0 Å². The first-order valence-corrected chi connectivity index (χ1v) is 6.85. The molecule has 0 bridgehead atoms. The van der Waals surface area contributed by atoms with Gasteiger partial charge in [0.2, 0.25) is 11.9 Å². The van der Waals surface area contributed by atoms with Gasteiger partial charge in [0, 0.05) is 23.9 Å². The first-order chi connectivity index (χ1) is 10.6. The smallest absolute Gasteiger partial charge is 0.251 e. The lowest BCUT2D eigenvalue weighted by Gasteiger charge is -2.15. The van der Waals surface area contributed by atoms with Crippen LogP contribution in [0.4, 0.5) is 5.95 Å². The van der Waals surface area contributed by atoms with Gasteiger partial charge in [-0.1, -0.05) is 18.2 Å². The van der Waals surface area contributed by atoms with Crippen molar-refractivity contribution in [3.63, 3.8) is 0 Å². The topological polar surface area (TPSA) is 101 Å². The number of nitrogens with zero attached hydrogens (tertiary/aromatic N) is 3. The fourth-order valence-corrected chi connectivity index (χ4v) is 2.30. The molecule has 3 N–H and O–H groups in total. The van der Waals surface area contributed by atoms with Crippen molar-refractivity contribution >= 4 is 17.8 Å². The maximum absolute atomic E-state index is 12.2. The summed E-state index contributed by atoms with van der Waals surface area (Å²) in [6.07, 6.45) is 1.63. The van der Waals surface area contributed by atoms with Crippen molar-refractivity contribution in [2.75, 3.05) is 12.3 Å². The van der Waals surface area contributed by atoms with E-state index in [0.717, 1.165) is 11.3 Å². The summed E-state index contributed by atoms with van der Waals surface area (Å²) in [5, 5.41) is 2.62. The standard InChI is InChI=1S/C15H15N5O2/c16-15-18-6-11-8-20(9-12(11)19-15)13(21)7-17-14(22)10-4-2-1-3-5-10/h1-6H,7-9H2,(H,17,22)(H2,16,18,19). The van der Waals surface area contributed by atoms with E-state index in [1.165, 1.54) is 0 Å². The Labute approximate surface area is 127 Å². The number of fused-ring (bicyclic) bond motifs is 1. The summed E-state index contributed by atoms with van der Waals surface area (Å²) in [5.41, 5.74) is 7.70. The third-order valence-electron chi connectivity index (χ3n) is 3.46. The number of carbonyl (C=O) groups excluding carboxylic acids is 2. The Morgan fingerprint density at radius 2 is 2.00 bits per heavy atom. The van der Waals surface area contributed by atoms with Gasteiger partial charge in [0.05, 0.1) is 18.8 Å². The fraction of sp³-hybridized carbons (Fsp3) is 0.200. The summed E-state index contributed by atoms with van der Waals surface area (Å²) >= 11 is 0. The Bertz CT molecular complexity index is 717.